The first-order valence-electron chi connectivity index (χ1n) is 4.26. The average molecular weight is 297 g/mol. The molecule has 0 aromatic rings. The molecule has 0 heterocycles. The molecule has 0 spiro atoms. The lowest BCUT2D eigenvalue weighted by Crippen LogP contribution is -2.43. The molecule has 0 aliphatic rings. The molecule has 0 saturated heterocycles. The third kappa shape index (κ3) is 8.71. The van der Waals surface area contributed by atoms with Gasteiger partial charge in [0.1, 0.15) is 0 Å². The van der Waals surface area contributed by atoms with Gasteiger partial charge in [0, 0.05) is 6.08 Å². The lowest BCUT2D eigenvalue weighted by atomic mass is 9.96. The summed E-state index contributed by atoms with van der Waals surface area (Å²) >= 11 is 0. The predicted octanol–water partition coefficient (Wildman–Crippen LogP) is -0.591. The Kier molecular flexibility index (Phi) is 13.9. The Morgan fingerprint density at radius 2 is 1.50 bits per heavy atom. The van der Waals surface area contributed by atoms with E-state index in [0.717, 1.165) is 0 Å². The number of hydrogen-bond acceptors (Lipinski definition) is 9. The van der Waals surface area contributed by atoms with Gasteiger partial charge in [0.15, 0.2) is 5.60 Å². The highest BCUT2D eigenvalue weighted by Gasteiger charge is 2.41. The number of esters is 2. The highest BCUT2D eigenvalue weighted by Crippen LogP contribution is 2.17. The molecule has 20 heavy (non-hydrogen) atoms. The number of ether oxygens (including phenoxy) is 1. The van der Waals surface area contributed by atoms with E-state index < -0.39 is 42.3 Å². The molecule has 0 aliphatic carbocycles. The van der Waals surface area contributed by atoms with E-state index in [4.69, 9.17) is 10.2 Å². The van der Waals surface area contributed by atoms with Crippen molar-refractivity contribution in [2.75, 3.05) is 0 Å². The third-order valence-corrected chi connectivity index (χ3v) is 1.66. The zero-order valence-electron chi connectivity index (χ0n) is 10.7. The minimum Gasteiger partial charge on any atom is -0.481 e. The Morgan fingerprint density at radius 1 is 1.05 bits per heavy atom. The second-order valence-corrected chi connectivity index (χ2v) is 3.08. The van der Waals surface area contributed by atoms with Gasteiger partial charge in [0.2, 0.25) is 0 Å². The van der Waals surface area contributed by atoms with E-state index in [1.807, 2.05) is 0 Å². The van der Waals surface area contributed by atoms with Gasteiger partial charge in [0.05, 0.1) is 12.8 Å². The highest BCUT2D eigenvalue weighted by atomic mass is 16.6. The maximum atomic E-state index is 11.0. The maximum Gasteiger partial charge on any atom is 0.337 e. The summed E-state index contributed by atoms with van der Waals surface area (Å²) in [6.07, 6.45) is -1.69. The zero-order valence-corrected chi connectivity index (χ0v) is 10.7. The Morgan fingerprint density at radius 3 is 1.80 bits per heavy atom. The molecule has 0 bridgehead atoms. The number of carboxylic acid groups (broad SMARTS) is 2. The summed E-state index contributed by atoms with van der Waals surface area (Å²) in [5, 5.41) is 26.4. The van der Waals surface area contributed by atoms with Crippen molar-refractivity contribution in [3.8, 4) is 0 Å². The van der Waals surface area contributed by atoms with Gasteiger partial charge in [-0.15, -0.1) is 0 Å². The molecule has 1 atom stereocenters. The first kappa shape index (κ1) is 26.3. The van der Waals surface area contributed by atoms with Crippen molar-refractivity contribution in [3.63, 3.8) is 0 Å². The highest BCUT2D eigenvalue weighted by molar-refractivity contribution is 5.95. The topological polar surface area (TPSA) is 243 Å². The number of rotatable bonds is 6. The fourth-order valence-corrected chi connectivity index (χ4v) is 0.893. The van der Waals surface area contributed by atoms with E-state index >= 15 is 0 Å². The zero-order chi connectivity index (χ0) is 13.6. The van der Waals surface area contributed by atoms with Crippen LogP contribution in [0.2, 0.25) is 0 Å². The second-order valence-electron chi connectivity index (χ2n) is 3.08. The van der Waals surface area contributed by atoms with Crippen LogP contribution in [0.15, 0.2) is 12.7 Å². The number of aliphatic hydroxyl groups is 1. The normalized spacial score (nSPS) is 11.2. The Labute approximate surface area is 114 Å². The first-order chi connectivity index (χ1) is 7.71. The van der Waals surface area contributed by atoms with Crippen molar-refractivity contribution in [1.29, 1.82) is 0 Å². The smallest absolute Gasteiger partial charge is 0.337 e. The molecule has 0 saturated carbocycles. The monoisotopic (exact) mass is 297 g/mol. The summed E-state index contributed by atoms with van der Waals surface area (Å²) in [5.41, 5.74) is -2.82. The van der Waals surface area contributed by atoms with Gasteiger partial charge in [-0.25, -0.2) is 9.59 Å². The van der Waals surface area contributed by atoms with E-state index in [-0.39, 0.29) is 18.5 Å². The molecule has 0 aromatic heterocycles. The number of carbonyl (C=O) groups is 4. The minimum atomic E-state index is -2.82. The molecule has 11 nitrogen and oxygen atoms in total. The Bertz CT molecular complexity index is 383. The third-order valence-electron chi connectivity index (χ3n) is 1.66. The molecule has 1 unspecified atom stereocenters. The van der Waals surface area contributed by atoms with Crippen LogP contribution in [-0.4, -0.2) is 44.8 Å². The van der Waals surface area contributed by atoms with Crippen LogP contribution in [0.5, 0.6) is 0 Å². The quantitative estimate of drug-likeness (QED) is 0.205. The molecule has 0 radical (unpaired) electrons. The van der Waals surface area contributed by atoms with Crippen molar-refractivity contribution in [2.24, 2.45) is 0 Å². The van der Waals surface area contributed by atoms with Crippen LogP contribution in [0.1, 0.15) is 12.8 Å². The molecule has 0 amide bonds. The van der Waals surface area contributed by atoms with Gasteiger partial charge in [-0.05, 0) is 0 Å². The van der Waals surface area contributed by atoms with Crippen LogP contribution in [0.25, 0.3) is 0 Å². The number of hydrogen-bond donors (Lipinski definition) is 6. The minimum absolute atomic E-state index is 0. The molecule has 0 fully saturated rings. The largest absolute Gasteiger partial charge is 0.481 e. The van der Waals surface area contributed by atoms with Gasteiger partial charge < -0.3 is 38.5 Å². The lowest BCUT2D eigenvalue weighted by molar-refractivity contribution is -0.173. The Hall–Kier alpha value is -2.34. The van der Waals surface area contributed by atoms with Crippen molar-refractivity contribution in [2.45, 2.75) is 18.4 Å². The van der Waals surface area contributed by atoms with Crippen LogP contribution in [0.3, 0.4) is 0 Å². The van der Waals surface area contributed by atoms with Gasteiger partial charge in [-0.2, -0.15) is 0 Å². The molecule has 0 aliphatic heterocycles. The van der Waals surface area contributed by atoms with E-state index in [1.54, 1.807) is 0 Å². The van der Waals surface area contributed by atoms with Gasteiger partial charge in [0.25, 0.3) is 0 Å². The van der Waals surface area contributed by atoms with E-state index in [2.05, 4.69) is 11.3 Å². The summed E-state index contributed by atoms with van der Waals surface area (Å²) in [6, 6.07) is 0. The first-order valence-corrected chi connectivity index (χ1v) is 4.26. The maximum absolute atomic E-state index is 11.0. The molecule has 0 aromatic carbocycles. The summed E-state index contributed by atoms with van der Waals surface area (Å²) in [5.74, 6) is -6.00. The van der Waals surface area contributed by atoms with Crippen LogP contribution in [0, 0.1) is 0 Å². The van der Waals surface area contributed by atoms with Crippen LogP contribution in [-0.2, 0) is 23.9 Å². The van der Waals surface area contributed by atoms with Gasteiger partial charge >= 0.3 is 23.9 Å². The number of aliphatic carboxylic acids is 2. The summed E-state index contributed by atoms with van der Waals surface area (Å²) < 4.78 is 4.01. The Balaban J connectivity index is -0.000000427. The van der Waals surface area contributed by atoms with E-state index in [0.29, 0.717) is 6.08 Å². The molecular weight excluding hydrogens is 278 g/mol. The van der Waals surface area contributed by atoms with Crippen molar-refractivity contribution in [1.82, 2.24) is 18.5 Å². The number of carbonyl (C=O) groups excluding carboxylic acids is 2. The number of carboxylic acids is 2. The van der Waals surface area contributed by atoms with E-state index in [1.165, 1.54) is 0 Å². The van der Waals surface area contributed by atoms with Crippen LogP contribution < -0.4 is 18.5 Å². The van der Waals surface area contributed by atoms with Crippen molar-refractivity contribution < 1.29 is 39.2 Å². The van der Waals surface area contributed by atoms with Gasteiger partial charge in [-0.3, -0.25) is 9.59 Å². The SMILES string of the molecule is C=CC(=O)OC(=O)CC(O)(CC(=O)O)C(=O)O.N.N.N. The van der Waals surface area contributed by atoms with Crippen molar-refractivity contribution in [3.05, 3.63) is 12.7 Å². The van der Waals surface area contributed by atoms with Crippen LogP contribution >= 0.6 is 0 Å². The molecule has 11 heteroatoms. The molecule has 12 N–H and O–H groups in total. The fourth-order valence-electron chi connectivity index (χ4n) is 0.893. The predicted molar refractivity (Wildman–Crippen MR) is 65.8 cm³/mol. The van der Waals surface area contributed by atoms with E-state index in [9.17, 15) is 24.3 Å². The standard InChI is InChI=1S/C9H10O8.3H3N/c1-2-6(12)17-7(13)4-9(16,8(14)15)3-5(10)11;;;/h2,16H,1,3-4H2,(H,10,11)(H,14,15);3*1H3. The molecule has 0 rings (SSSR count). The van der Waals surface area contributed by atoms with Crippen LogP contribution in [0.4, 0.5) is 0 Å². The van der Waals surface area contributed by atoms with Gasteiger partial charge in [-0.1, -0.05) is 6.58 Å². The summed E-state index contributed by atoms with van der Waals surface area (Å²) in [7, 11) is 0. The average Bonchev–Trinajstić information content (AvgIpc) is 2.15. The molecule has 118 valence electrons. The summed E-state index contributed by atoms with van der Waals surface area (Å²) in [6.45, 7) is 2.99. The second kappa shape index (κ2) is 10.6. The summed E-state index contributed by atoms with van der Waals surface area (Å²) in [4.78, 5) is 42.5. The lowest BCUT2D eigenvalue weighted by Gasteiger charge is -2.19. The van der Waals surface area contributed by atoms with Crippen molar-refractivity contribution >= 4 is 23.9 Å². The fraction of sp³-hybridized carbons (Fsp3) is 0.333. The molecular formula is C9H19N3O8.